The van der Waals surface area contributed by atoms with Gasteiger partial charge in [-0.1, -0.05) is 15.9 Å². The van der Waals surface area contributed by atoms with Gasteiger partial charge in [-0.15, -0.1) is 0 Å². The summed E-state index contributed by atoms with van der Waals surface area (Å²) in [7, 11) is 1.73. The van der Waals surface area contributed by atoms with Crippen LogP contribution in [0.5, 0.6) is 5.75 Å². The first-order valence-electron chi connectivity index (χ1n) is 7.66. The van der Waals surface area contributed by atoms with E-state index in [0.717, 1.165) is 27.3 Å². The number of halogens is 2. The van der Waals surface area contributed by atoms with E-state index >= 15 is 0 Å². The predicted molar refractivity (Wildman–Crippen MR) is 92.9 cm³/mol. The molecule has 116 valence electrons. The van der Waals surface area contributed by atoms with Gasteiger partial charge >= 0.3 is 0 Å². The van der Waals surface area contributed by atoms with E-state index in [1.165, 1.54) is 44.3 Å². The Hall–Kier alpha value is -0.100. The van der Waals surface area contributed by atoms with Crippen LogP contribution in [0.4, 0.5) is 0 Å². The Kier molecular flexibility index (Phi) is 5.25. The molecule has 2 aliphatic rings. The van der Waals surface area contributed by atoms with Gasteiger partial charge < -0.3 is 15.0 Å². The lowest BCUT2D eigenvalue weighted by Crippen LogP contribution is -2.43. The van der Waals surface area contributed by atoms with Gasteiger partial charge in [0.2, 0.25) is 0 Å². The average Bonchev–Trinajstić information content (AvgIpc) is 3.30. The monoisotopic (exact) mass is 416 g/mol. The van der Waals surface area contributed by atoms with Crippen LogP contribution in [0.25, 0.3) is 0 Å². The Morgan fingerprint density at radius 1 is 1.19 bits per heavy atom. The number of rotatable bonds is 5. The van der Waals surface area contributed by atoms with Crippen LogP contribution < -0.4 is 10.1 Å². The van der Waals surface area contributed by atoms with Gasteiger partial charge in [0.25, 0.3) is 0 Å². The molecular weight excluding hydrogens is 396 g/mol. The molecule has 0 bridgehead atoms. The van der Waals surface area contributed by atoms with Crippen molar-refractivity contribution in [1.29, 1.82) is 0 Å². The number of piperidine rings is 1. The largest absolute Gasteiger partial charge is 0.495 e. The molecule has 1 aliphatic carbocycles. The average molecular weight is 418 g/mol. The van der Waals surface area contributed by atoms with Crippen molar-refractivity contribution in [3.05, 3.63) is 26.6 Å². The Morgan fingerprint density at radius 3 is 2.52 bits per heavy atom. The zero-order valence-electron chi connectivity index (χ0n) is 12.4. The van der Waals surface area contributed by atoms with E-state index in [9.17, 15) is 0 Å². The first kappa shape index (κ1) is 15.8. The van der Waals surface area contributed by atoms with Crippen LogP contribution in [0.3, 0.4) is 0 Å². The highest BCUT2D eigenvalue weighted by molar-refractivity contribution is 9.11. The summed E-state index contributed by atoms with van der Waals surface area (Å²) in [6, 6.07) is 5.70. The SMILES string of the molecule is COc1c(Br)cc(Br)cc1CNC1CCN(C2CC2)CC1. The van der Waals surface area contributed by atoms with Crippen LogP contribution in [0.1, 0.15) is 31.2 Å². The van der Waals surface area contributed by atoms with E-state index in [-0.39, 0.29) is 0 Å². The van der Waals surface area contributed by atoms with E-state index in [4.69, 9.17) is 4.74 Å². The second kappa shape index (κ2) is 6.99. The van der Waals surface area contributed by atoms with E-state index in [1.54, 1.807) is 7.11 Å². The number of hydrogen-bond donors (Lipinski definition) is 1. The van der Waals surface area contributed by atoms with Crippen molar-refractivity contribution < 1.29 is 4.74 Å². The van der Waals surface area contributed by atoms with Crippen LogP contribution in [0.15, 0.2) is 21.1 Å². The van der Waals surface area contributed by atoms with Crippen molar-refractivity contribution in [2.45, 2.75) is 44.3 Å². The minimum absolute atomic E-state index is 0.627. The molecule has 3 nitrogen and oxygen atoms in total. The van der Waals surface area contributed by atoms with Gasteiger partial charge in [0.15, 0.2) is 0 Å². The molecule has 0 radical (unpaired) electrons. The van der Waals surface area contributed by atoms with Crippen molar-refractivity contribution in [3.63, 3.8) is 0 Å². The Balaban J connectivity index is 1.55. The maximum atomic E-state index is 5.51. The van der Waals surface area contributed by atoms with Crippen molar-refractivity contribution in [2.24, 2.45) is 0 Å². The predicted octanol–water partition coefficient (Wildman–Crippen LogP) is 3.94. The van der Waals surface area contributed by atoms with Gasteiger partial charge in [-0.3, -0.25) is 0 Å². The molecular formula is C16H22Br2N2O. The van der Waals surface area contributed by atoms with Crippen molar-refractivity contribution >= 4 is 31.9 Å². The fourth-order valence-corrected chi connectivity index (χ4v) is 4.61. The molecule has 1 aromatic carbocycles. The van der Waals surface area contributed by atoms with Gasteiger partial charge in [0, 0.05) is 28.7 Å². The number of ether oxygens (including phenoxy) is 1. The highest BCUT2D eigenvalue weighted by Gasteiger charge is 2.31. The summed E-state index contributed by atoms with van der Waals surface area (Å²) >= 11 is 7.12. The highest BCUT2D eigenvalue weighted by atomic mass is 79.9. The summed E-state index contributed by atoms with van der Waals surface area (Å²) in [4.78, 5) is 2.66. The van der Waals surface area contributed by atoms with Crippen molar-refractivity contribution in [1.82, 2.24) is 10.2 Å². The van der Waals surface area contributed by atoms with Crippen LogP contribution in [-0.4, -0.2) is 37.2 Å². The van der Waals surface area contributed by atoms with Crippen molar-refractivity contribution in [2.75, 3.05) is 20.2 Å². The summed E-state index contributed by atoms with van der Waals surface area (Å²) in [5.41, 5.74) is 1.20. The normalized spacial score (nSPS) is 20.7. The number of likely N-dealkylation sites (tertiary alicyclic amines) is 1. The number of benzene rings is 1. The smallest absolute Gasteiger partial charge is 0.137 e. The maximum absolute atomic E-state index is 5.51. The summed E-state index contributed by atoms with van der Waals surface area (Å²) in [6.07, 6.45) is 5.35. The third kappa shape index (κ3) is 4.01. The fourth-order valence-electron chi connectivity index (χ4n) is 3.14. The van der Waals surface area contributed by atoms with E-state index in [0.29, 0.717) is 6.04 Å². The molecule has 21 heavy (non-hydrogen) atoms. The topological polar surface area (TPSA) is 24.5 Å². The van der Waals surface area contributed by atoms with Gasteiger partial charge in [-0.25, -0.2) is 0 Å². The van der Waals surface area contributed by atoms with E-state index in [1.807, 2.05) is 6.07 Å². The summed E-state index contributed by atoms with van der Waals surface area (Å²) in [5.74, 6) is 0.932. The lowest BCUT2D eigenvalue weighted by Gasteiger charge is -2.32. The highest BCUT2D eigenvalue weighted by Crippen LogP contribution is 2.33. The Labute approximate surface area is 143 Å². The summed E-state index contributed by atoms with van der Waals surface area (Å²) < 4.78 is 7.59. The minimum atomic E-state index is 0.627. The molecule has 0 atom stereocenters. The molecule has 0 amide bonds. The summed E-state index contributed by atoms with van der Waals surface area (Å²) in [5, 5.41) is 3.70. The van der Waals surface area contributed by atoms with Gasteiger partial charge in [0.05, 0.1) is 11.6 Å². The zero-order valence-corrected chi connectivity index (χ0v) is 15.5. The maximum Gasteiger partial charge on any atom is 0.137 e. The lowest BCUT2D eigenvalue weighted by molar-refractivity contribution is 0.189. The first-order valence-corrected chi connectivity index (χ1v) is 9.25. The van der Waals surface area contributed by atoms with Crippen LogP contribution in [0.2, 0.25) is 0 Å². The standard InChI is InChI=1S/C16H22Br2N2O/c1-21-16-11(8-12(17)9-15(16)18)10-19-13-4-6-20(7-5-13)14-2-3-14/h8-9,13-14,19H,2-7,10H2,1H3. The molecule has 1 saturated carbocycles. The second-order valence-electron chi connectivity index (χ2n) is 6.00. The third-order valence-electron chi connectivity index (χ3n) is 4.46. The van der Waals surface area contributed by atoms with Crippen LogP contribution in [-0.2, 0) is 6.54 Å². The van der Waals surface area contributed by atoms with Gasteiger partial charge in [-0.2, -0.15) is 0 Å². The Morgan fingerprint density at radius 2 is 1.90 bits per heavy atom. The van der Waals surface area contributed by atoms with E-state index < -0.39 is 0 Å². The molecule has 1 N–H and O–H groups in total. The molecule has 1 aromatic rings. The molecule has 0 unspecified atom stereocenters. The number of nitrogens with one attached hydrogen (secondary N) is 1. The van der Waals surface area contributed by atoms with Crippen LogP contribution in [0, 0.1) is 0 Å². The number of methoxy groups -OCH3 is 1. The molecule has 1 saturated heterocycles. The van der Waals surface area contributed by atoms with Gasteiger partial charge in [0.1, 0.15) is 5.75 Å². The minimum Gasteiger partial charge on any atom is -0.495 e. The molecule has 0 spiro atoms. The Bertz CT molecular complexity index is 497. The molecule has 0 aromatic heterocycles. The molecule has 3 rings (SSSR count). The summed E-state index contributed by atoms with van der Waals surface area (Å²) in [6.45, 7) is 3.36. The lowest BCUT2D eigenvalue weighted by atomic mass is 10.0. The number of hydrogen-bond acceptors (Lipinski definition) is 3. The van der Waals surface area contributed by atoms with Crippen LogP contribution >= 0.6 is 31.9 Å². The quantitative estimate of drug-likeness (QED) is 0.785. The molecule has 5 heteroatoms. The molecule has 2 fully saturated rings. The first-order chi connectivity index (χ1) is 10.2. The molecule has 1 aliphatic heterocycles. The third-order valence-corrected chi connectivity index (χ3v) is 5.51. The van der Waals surface area contributed by atoms with Crippen molar-refractivity contribution in [3.8, 4) is 5.75 Å². The number of nitrogens with zero attached hydrogens (tertiary/aromatic N) is 1. The fraction of sp³-hybridized carbons (Fsp3) is 0.625. The molecule has 1 heterocycles. The van der Waals surface area contributed by atoms with E-state index in [2.05, 4.69) is 48.1 Å². The second-order valence-corrected chi connectivity index (χ2v) is 7.77. The zero-order chi connectivity index (χ0) is 14.8. The van der Waals surface area contributed by atoms with Gasteiger partial charge in [-0.05, 0) is 66.8 Å².